The minimum atomic E-state index is -0.340. The topological polar surface area (TPSA) is 81.9 Å². The molecule has 0 saturated heterocycles. The molecule has 1 atom stereocenters. The Morgan fingerprint density at radius 2 is 2.10 bits per heavy atom. The Kier molecular flexibility index (Phi) is 5.80. The Balaban J connectivity index is 1.51. The van der Waals surface area contributed by atoms with E-state index in [9.17, 15) is 4.79 Å². The van der Waals surface area contributed by atoms with Crippen molar-refractivity contribution in [3.63, 3.8) is 0 Å². The van der Waals surface area contributed by atoms with Crippen molar-refractivity contribution in [2.75, 3.05) is 11.9 Å². The van der Waals surface area contributed by atoms with Crippen LogP contribution in [0.25, 0.3) is 11.4 Å². The first kappa shape index (κ1) is 19.4. The number of rotatable bonds is 8. The largest absolute Gasteiger partial charge is 0.492 e. The summed E-state index contributed by atoms with van der Waals surface area (Å²) in [5.74, 6) is 1.37. The van der Waals surface area contributed by atoms with Crippen LogP contribution in [0, 0.1) is 0 Å². The van der Waals surface area contributed by atoms with E-state index >= 15 is 0 Å². The Bertz CT molecular complexity index is 988. The minimum Gasteiger partial charge on any atom is -0.492 e. The summed E-state index contributed by atoms with van der Waals surface area (Å²) in [5.41, 5.74) is 1.60. The molecule has 2 aromatic heterocycles. The number of benzene rings is 1. The normalized spacial score (nSPS) is 14.4. The number of para-hydroxylation sites is 2. The second-order valence-corrected chi connectivity index (χ2v) is 8.14. The third-order valence-corrected chi connectivity index (χ3v) is 5.65. The first-order valence-corrected chi connectivity index (χ1v) is 10.6. The number of hydrogen-bond donors (Lipinski definition) is 1. The number of carbonyl (C=O) groups excluding carboxylic acids is 1. The summed E-state index contributed by atoms with van der Waals surface area (Å²) >= 11 is 1.42. The zero-order chi connectivity index (χ0) is 20.2. The molecule has 1 aliphatic rings. The molecule has 8 heteroatoms. The second-order valence-electron chi connectivity index (χ2n) is 6.83. The van der Waals surface area contributed by atoms with Gasteiger partial charge in [-0.15, -0.1) is 10.2 Å². The zero-order valence-corrected chi connectivity index (χ0v) is 17.2. The predicted molar refractivity (Wildman–Crippen MR) is 113 cm³/mol. The highest BCUT2D eigenvalue weighted by atomic mass is 32.2. The predicted octanol–water partition coefficient (Wildman–Crippen LogP) is 4.19. The van der Waals surface area contributed by atoms with E-state index in [1.54, 1.807) is 12.4 Å². The smallest absolute Gasteiger partial charge is 0.237 e. The van der Waals surface area contributed by atoms with Gasteiger partial charge in [-0.05, 0) is 51.0 Å². The lowest BCUT2D eigenvalue weighted by molar-refractivity contribution is -0.115. The van der Waals surface area contributed by atoms with Gasteiger partial charge in [0, 0.05) is 24.0 Å². The lowest BCUT2D eigenvalue weighted by atomic mass is 10.3. The summed E-state index contributed by atoms with van der Waals surface area (Å²) in [6, 6.07) is 11.7. The fraction of sp³-hybridized carbons (Fsp3) is 0.333. The number of hydrogen-bond acceptors (Lipinski definition) is 6. The van der Waals surface area contributed by atoms with Crippen LogP contribution in [-0.2, 0) is 4.79 Å². The van der Waals surface area contributed by atoms with Crippen molar-refractivity contribution < 1.29 is 9.53 Å². The van der Waals surface area contributed by atoms with E-state index in [-0.39, 0.29) is 11.2 Å². The van der Waals surface area contributed by atoms with Crippen LogP contribution in [0.2, 0.25) is 0 Å². The summed E-state index contributed by atoms with van der Waals surface area (Å²) in [7, 11) is 0. The lowest BCUT2D eigenvalue weighted by Gasteiger charge is -2.15. The fourth-order valence-electron chi connectivity index (χ4n) is 3.01. The molecule has 1 N–H and O–H groups in total. The number of thioether (sulfide) groups is 1. The van der Waals surface area contributed by atoms with Gasteiger partial charge in [0.15, 0.2) is 11.0 Å². The maximum absolute atomic E-state index is 12.8. The first-order valence-electron chi connectivity index (χ1n) is 9.72. The zero-order valence-electron chi connectivity index (χ0n) is 16.4. The highest BCUT2D eigenvalue weighted by molar-refractivity contribution is 8.00. The van der Waals surface area contributed by atoms with Crippen LogP contribution in [0.3, 0.4) is 0 Å². The molecule has 4 rings (SSSR count). The van der Waals surface area contributed by atoms with Crippen LogP contribution in [-0.4, -0.2) is 37.5 Å². The summed E-state index contributed by atoms with van der Waals surface area (Å²) in [5, 5.41) is 12.1. The van der Waals surface area contributed by atoms with Gasteiger partial charge < -0.3 is 10.1 Å². The summed E-state index contributed by atoms with van der Waals surface area (Å²) in [6.07, 6.45) is 5.73. The van der Waals surface area contributed by atoms with E-state index in [2.05, 4.69) is 25.1 Å². The van der Waals surface area contributed by atoms with E-state index in [0.29, 0.717) is 24.1 Å². The summed E-state index contributed by atoms with van der Waals surface area (Å²) < 4.78 is 7.73. The van der Waals surface area contributed by atoms with Gasteiger partial charge in [-0.2, -0.15) is 0 Å². The Hall–Kier alpha value is -2.87. The Morgan fingerprint density at radius 3 is 2.83 bits per heavy atom. The van der Waals surface area contributed by atoms with Crippen molar-refractivity contribution in [1.29, 1.82) is 0 Å². The Labute approximate surface area is 173 Å². The highest BCUT2D eigenvalue weighted by Gasteiger charge is 2.31. The van der Waals surface area contributed by atoms with Crippen LogP contribution < -0.4 is 10.1 Å². The fourth-order valence-corrected chi connectivity index (χ4v) is 3.93. The standard InChI is InChI=1S/C21H23N5O2S/c1-3-28-18-9-5-4-8-17(18)23-20(27)14(2)29-21-25-24-19(26(21)16-10-11-16)15-7-6-12-22-13-15/h4-9,12-14,16H,3,10-11H2,1-2H3,(H,23,27)/t14-/m0/s1. The van der Waals surface area contributed by atoms with Crippen LogP contribution in [0.15, 0.2) is 53.9 Å². The average molecular weight is 410 g/mol. The second kappa shape index (κ2) is 8.65. The number of amides is 1. The molecule has 7 nitrogen and oxygen atoms in total. The van der Waals surface area contributed by atoms with Gasteiger partial charge in [0.1, 0.15) is 5.75 Å². The van der Waals surface area contributed by atoms with Crippen molar-refractivity contribution >= 4 is 23.4 Å². The van der Waals surface area contributed by atoms with Gasteiger partial charge in [-0.3, -0.25) is 14.3 Å². The van der Waals surface area contributed by atoms with Crippen molar-refractivity contribution in [2.24, 2.45) is 0 Å². The number of nitrogens with one attached hydrogen (secondary N) is 1. The van der Waals surface area contributed by atoms with Gasteiger partial charge in [-0.25, -0.2) is 0 Å². The quantitative estimate of drug-likeness (QED) is 0.562. The van der Waals surface area contributed by atoms with Gasteiger partial charge in [0.2, 0.25) is 5.91 Å². The number of anilines is 1. The molecule has 1 saturated carbocycles. The molecule has 150 valence electrons. The number of aromatic nitrogens is 4. The molecule has 0 radical (unpaired) electrons. The lowest BCUT2D eigenvalue weighted by Crippen LogP contribution is -2.23. The van der Waals surface area contributed by atoms with Gasteiger partial charge in [0.05, 0.1) is 17.5 Å². The Morgan fingerprint density at radius 1 is 1.28 bits per heavy atom. The molecule has 0 unspecified atom stereocenters. The van der Waals surface area contributed by atoms with Crippen LogP contribution in [0.4, 0.5) is 5.69 Å². The van der Waals surface area contributed by atoms with E-state index in [4.69, 9.17) is 4.74 Å². The van der Waals surface area contributed by atoms with Crippen LogP contribution >= 0.6 is 11.8 Å². The van der Waals surface area contributed by atoms with Crippen LogP contribution in [0.1, 0.15) is 32.7 Å². The molecule has 3 aromatic rings. The summed E-state index contributed by atoms with van der Waals surface area (Å²) in [4.78, 5) is 17.0. The van der Waals surface area contributed by atoms with Crippen molar-refractivity contribution in [3.05, 3.63) is 48.8 Å². The van der Waals surface area contributed by atoms with Crippen molar-refractivity contribution in [1.82, 2.24) is 19.7 Å². The molecular formula is C21H23N5O2S. The first-order chi connectivity index (χ1) is 14.2. The molecule has 1 fully saturated rings. The summed E-state index contributed by atoms with van der Waals surface area (Å²) in [6.45, 7) is 4.33. The number of nitrogens with zero attached hydrogens (tertiary/aromatic N) is 4. The third kappa shape index (κ3) is 4.42. The molecular weight excluding hydrogens is 386 g/mol. The highest BCUT2D eigenvalue weighted by Crippen LogP contribution is 2.41. The van der Waals surface area contributed by atoms with E-state index < -0.39 is 0 Å². The van der Waals surface area contributed by atoms with Gasteiger partial charge in [0.25, 0.3) is 0 Å². The number of carbonyl (C=O) groups is 1. The average Bonchev–Trinajstić information content (AvgIpc) is 3.50. The molecule has 0 spiro atoms. The molecule has 1 amide bonds. The third-order valence-electron chi connectivity index (χ3n) is 4.59. The maximum atomic E-state index is 12.8. The molecule has 1 aromatic carbocycles. The molecule has 29 heavy (non-hydrogen) atoms. The minimum absolute atomic E-state index is 0.101. The molecule has 0 aliphatic heterocycles. The number of pyridine rings is 1. The van der Waals surface area contributed by atoms with Gasteiger partial charge in [-0.1, -0.05) is 23.9 Å². The van der Waals surface area contributed by atoms with Crippen molar-refractivity contribution in [3.8, 4) is 17.1 Å². The SMILES string of the molecule is CCOc1ccccc1NC(=O)[C@H](C)Sc1nnc(-c2cccnc2)n1C1CC1. The molecule has 0 bridgehead atoms. The monoisotopic (exact) mass is 409 g/mol. The van der Waals surface area contributed by atoms with E-state index in [1.165, 1.54) is 11.8 Å². The van der Waals surface area contributed by atoms with Crippen molar-refractivity contribution in [2.45, 2.75) is 43.1 Å². The van der Waals surface area contributed by atoms with Crippen LogP contribution in [0.5, 0.6) is 5.75 Å². The number of ether oxygens (including phenoxy) is 1. The van der Waals surface area contributed by atoms with E-state index in [0.717, 1.165) is 29.4 Å². The van der Waals surface area contributed by atoms with E-state index in [1.807, 2.05) is 50.2 Å². The molecule has 1 aliphatic carbocycles. The maximum Gasteiger partial charge on any atom is 0.237 e. The van der Waals surface area contributed by atoms with Gasteiger partial charge >= 0.3 is 0 Å². The molecule has 2 heterocycles.